The Kier molecular flexibility index (Phi) is 16.9. The van der Waals surface area contributed by atoms with E-state index in [2.05, 4.69) is 24.0 Å². The third-order valence-corrected chi connectivity index (χ3v) is 3.70. The van der Waals surface area contributed by atoms with Gasteiger partial charge in [-0.1, -0.05) is 69.1 Å². The van der Waals surface area contributed by atoms with Crippen LogP contribution in [0, 0.1) is 0 Å². The second-order valence-electron chi connectivity index (χ2n) is 5.98. The number of aliphatic carboxylic acids is 1. The minimum absolute atomic E-state index is 0.258. The van der Waals surface area contributed by atoms with Crippen molar-refractivity contribution in [1.29, 1.82) is 0 Å². The lowest BCUT2D eigenvalue weighted by atomic mass is 10.1. The average Bonchev–Trinajstić information content (AvgIpc) is 2.57. The lowest BCUT2D eigenvalue weighted by Crippen LogP contribution is -2.02. The minimum Gasteiger partial charge on any atom is -0.481 e. The molecule has 0 heterocycles. The van der Waals surface area contributed by atoms with Crippen LogP contribution in [0.2, 0.25) is 0 Å². The van der Waals surface area contributed by atoms with E-state index in [0.717, 1.165) is 44.9 Å². The van der Waals surface area contributed by atoms with E-state index in [9.17, 15) is 4.79 Å². The molecule has 4 nitrogen and oxygen atoms in total. The van der Waals surface area contributed by atoms with Gasteiger partial charge in [-0.2, -0.15) is 0 Å². The van der Waals surface area contributed by atoms with E-state index < -0.39 is 12.1 Å². The number of unbranched alkanes of at least 4 members (excludes halogenated alkanes) is 7. The lowest BCUT2D eigenvalue weighted by molar-refractivity contribution is -0.254. The van der Waals surface area contributed by atoms with Crippen molar-refractivity contribution in [2.45, 2.75) is 83.7 Å². The van der Waals surface area contributed by atoms with Crippen LogP contribution in [0.5, 0.6) is 0 Å². The van der Waals surface area contributed by atoms with Gasteiger partial charge in [0.2, 0.25) is 0 Å². The molecule has 0 spiro atoms. The normalized spacial score (nSPS) is 13.4. The first-order valence-electron chi connectivity index (χ1n) is 9.21. The first-order valence-corrected chi connectivity index (χ1v) is 9.21. The Labute approximate surface area is 146 Å². The number of carbonyl (C=O) groups is 1. The van der Waals surface area contributed by atoms with Gasteiger partial charge < -0.3 is 5.11 Å². The zero-order valence-corrected chi connectivity index (χ0v) is 15.0. The summed E-state index contributed by atoms with van der Waals surface area (Å²) in [7, 11) is 0. The minimum atomic E-state index is -0.722. The van der Waals surface area contributed by atoms with E-state index in [1.807, 2.05) is 24.3 Å². The molecular weight excluding hydrogens is 304 g/mol. The molecule has 138 valence electrons. The Morgan fingerprint density at radius 2 is 1.58 bits per heavy atom. The molecule has 0 aliphatic heterocycles. The number of carboxylic acids is 1. The Bertz CT molecular complexity index is 372. The fraction of sp³-hybridized carbons (Fsp3) is 0.650. The van der Waals surface area contributed by atoms with Gasteiger partial charge in [-0.3, -0.25) is 10.1 Å². The maximum Gasteiger partial charge on any atom is 0.303 e. The van der Waals surface area contributed by atoms with E-state index in [0.29, 0.717) is 0 Å². The molecule has 0 radical (unpaired) electrons. The molecule has 0 amide bonds. The maximum absolute atomic E-state index is 10.4. The molecule has 1 unspecified atom stereocenters. The second kappa shape index (κ2) is 18.0. The van der Waals surface area contributed by atoms with Crippen LogP contribution in [0.15, 0.2) is 36.5 Å². The molecule has 0 saturated carbocycles. The van der Waals surface area contributed by atoms with Crippen molar-refractivity contribution in [3.8, 4) is 0 Å². The summed E-state index contributed by atoms with van der Waals surface area (Å²) in [5.74, 6) is -0.722. The van der Waals surface area contributed by atoms with Gasteiger partial charge in [0.25, 0.3) is 0 Å². The Morgan fingerprint density at radius 3 is 2.29 bits per heavy atom. The summed E-state index contributed by atoms with van der Waals surface area (Å²) in [5.41, 5.74) is 0. The van der Waals surface area contributed by atoms with E-state index in [4.69, 9.17) is 10.4 Å². The predicted octanol–water partition coefficient (Wildman–Crippen LogP) is 5.91. The van der Waals surface area contributed by atoms with Crippen molar-refractivity contribution >= 4 is 5.97 Å². The van der Waals surface area contributed by atoms with Gasteiger partial charge in [-0.15, -0.1) is 0 Å². The van der Waals surface area contributed by atoms with Crippen LogP contribution in [0.1, 0.15) is 77.6 Å². The molecule has 0 aliphatic rings. The monoisotopic (exact) mass is 338 g/mol. The van der Waals surface area contributed by atoms with E-state index >= 15 is 0 Å². The van der Waals surface area contributed by atoms with E-state index in [1.54, 1.807) is 0 Å². The maximum atomic E-state index is 10.4. The fourth-order valence-corrected chi connectivity index (χ4v) is 2.27. The Balaban J connectivity index is 3.69. The van der Waals surface area contributed by atoms with Crippen LogP contribution in [0.4, 0.5) is 0 Å². The van der Waals surface area contributed by atoms with E-state index in [-0.39, 0.29) is 6.42 Å². The van der Waals surface area contributed by atoms with Crippen LogP contribution >= 0.6 is 0 Å². The molecule has 0 fully saturated rings. The van der Waals surface area contributed by atoms with Gasteiger partial charge >= 0.3 is 5.97 Å². The van der Waals surface area contributed by atoms with Gasteiger partial charge in [0.05, 0.1) is 0 Å². The molecule has 0 aliphatic carbocycles. The molecule has 1 atom stereocenters. The first kappa shape index (κ1) is 22.6. The van der Waals surface area contributed by atoms with Gasteiger partial charge in [-0.05, 0) is 38.5 Å². The van der Waals surface area contributed by atoms with Crippen LogP contribution < -0.4 is 0 Å². The highest BCUT2D eigenvalue weighted by Gasteiger charge is 1.98. The largest absolute Gasteiger partial charge is 0.481 e. The molecule has 0 bridgehead atoms. The smallest absolute Gasteiger partial charge is 0.303 e. The van der Waals surface area contributed by atoms with Crippen LogP contribution in [0.3, 0.4) is 0 Å². The molecule has 0 aromatic rings. The highest BCUT2D eigenvalue weighted by molar-refractivity contribution is 5.66. The summed E-state index contributed by atoms with van der Waals surface area (Å²) in [5, 5.41) is 17.4. The standard InChI is InChI=1S/C20H34O4/c1-2-3-4-5-6-7-10-13-16-19(24-23)17-14-11-8-9-12-15-18-20(21)22/h6-7,13-14,16-17,19,23H,2-5,8-12,15,18H2,1H3,(H,21,22)/b7-6-,16-13-,17-14-. The number of hydrogen-bond acceptors (Lipinski definition) is 3. The molecule has 4 heteroatoms. The van der Waals surface area contributed by atoms with Crippen molar-refractivity contribution in [3.63, 3.8) is 0 Å². The SMILES string of the molecule is CCCCC/C=C\C/C=C\C(/C=C\CCCCCCC(=O)O)OO. The van der Waals surface area contributed by atoms with Crippen molar-refractivity contribution < 1.29 is 20.0 Å². The summed E-state index contributed by atoms with van der Waals surface area (Å²) < 4.78 is 0. The van der Waals surface area contributed by atoms with Gasteiger partial charge in [0.1, 0.15) is 6.10 Å². The fourth-order valence-electron chi connectivity index (χ4n) is 2.27. The van der Waals surface area contributed by atoms with Crippen LogP contribution in [-0.4, -0.2) is 22.4 Å². The summed E-state index contributed by atoms with van der Waals surface area (Å²) in [6.45, 7) is 2.20. The molecular formula is C20H34O4. The average molecular weight is 338 g/mol. The zero-order valence-electron chi connectivity index (χ0n) is 15.0. The molecule has 0 aromatic heterocycles. The number of hydrogen-bond donors (Lipinski definition) is 2. The predicted molar refractivity (Wildman–Crippen MR) is 99.0 cm³/mol. The number of rotatable bonds is 16. The highest BCUT2D eigenvalue weighted by atomic mass is 17.1. The van der Waals surface area contributed by atoms with Gasteiger partial charge in [0.15, 0.2) is 0 Å². The van der Waals surface area contributed by atoms with Crippen molar-refractivity contribution in [1.82, 2.24) is 0 Å². The summed E-state index contributed by atoms with van der Waals surface area (Å²) in [4.78, 5) is 14.8. The van der Waals surface area contributed by atoms with Crippen LogP contribution in [0.25, 0.3) is 0 Å². The molecule has 0 aromatic carbocycles. The topological polar surface area (TPSA) is 66.8 Å². The quantitative estimate of drug-likeness (QED) is 0.159. The zero-order chi connectivity index (χ0) is 17.9. The first-order chi connectivity index (χ1) is 11.7. The highest BCUT2D eigenvalue weighted by Crippen LogP contribution is 2.07. The molecule has 2 N–H and O–H groups in total. The molecule has 0 rings (SSSR count). The molecule has 24 heavy (non-hydrogen) atoms. The Hall–Kier alpha value is -1.39. The van der Waals surface area contributed by atoms with Crippen molar-refractivity contribution in [2.75, 3.05) is 0 Å². The van der Waals surface area contributed by atoms with Gasteiger partial charge in [0, 0.05) is 6.42 Å². The number of allylic oxidation sites excluding steroid dienone is 4. The summed E-state index contributed by atoms with van der Waals surface area (Å²) in [6, 6.07) is 0. The van der Waals surface area contributed by atoms with Crippen molar-refractivity contribution in [3.05, 3.63) is 36.5 Å². The lowest BCUT2D eigenvalue weighted by Gasteiger charge is -2.02. The van der Waals surface area contributed by atoms with E-state index in [1.165, 1.54) is 19.3 Å². The summed E-state index contributed by atoms with van der Waals surface area (Å²) in [6.07, 6.45) is 22.3. The Morgan fingerprint density at radius 1 is 0.917 bits per heavy atom. The molecule has 0 saturated heterocycles. The van der Waals surface area contributed by atoms with Gasteiger partial charge in [-0.25, -0.2) is 4.89 Å². The van der Waals surface area contributed by atoms with Crippen molar-refractivity contribution in [2.24, 2.45) is 0 Å². The summed E-state index contributed by atoms with van der Waals surface area (Å²) >= 11 is 0. The second-order valence-corrected chi connectivity index (χ2v) is 5.98. The third-order valence-electron chi connectivity index (χ3n) is 3.70. The number of carboxylic acid groups (broad SMARTS) is 1. The third kappa shape index (κ3) is 17.0. The van der Waals surface area contributed by atoms with Crippen LogP contribution in [-0.2, 0) is 9.68 Å².